The Morgan fingerprint density at radius 1 is 0.958 bits per heavy atom. The number of hydrogen-bond acceptors (Lipinski definition) is 3. The van der Waals surface area contributed by atoms with E-state index in [1.165, 1.54) is 36.2 Å². The number of anilines is 1. The Bertz CT molecular complexity index is 706. The standard InChI is InChI=1S/C21H25NO2/c1-23-19-8-5-16(6-9-19)18-11-17-7-10-20(24-2)12-21(17)22(14-18)13-15-3-4-15/h5-10,12,15,18H,3-4,11,13-14H2,1-2H3. The second-order valence-electron chi connectivity index (χ2n) is 7.02. The van der Waals surface area contributed by atoms with E-state index in [-0.39, 0.29) is 0 Å². The summed E-state index contributed by atoms with van der Waals surface area (Å²) in [5.41, 5.74) is 4.20. The molecule has 126 valence electrons. The molecule has 1 atom stereocenters. The van der Waals surface area contributed by atoms with Crippen molar-refractivity contribution in [2.24, 2.45) is 5.92 Å². The smallest absolute Gasteiger partial charge is 0.120 e. The van der Waals surface area contributed by atoms with Crippen LogP contribution in [-0.2, 0) is 6.42 Å². The molecule has 0 spiro atoms. The second-order valence-corrected chi connectivity index (χ2v) is 7.02. The van der Waals surface area contributed by atoms with Crippen molar-refractivity contribution < 1.29 is 9.47 Å². The van der Waals surface area contributed by atoms with Crippen LogP contribution in [0, 0.1) is 5.92 Å². The first kappa shape index (κ1) is 15.4. The van der Waals surface area contributed by atoms with Crippen LogP contribution < -0.4 is 14.4 Å². The third kappa shape index (κ3) is 3.08. The van der Waals surface area contributed by atoms with E-state index in [1.54, 1.807) is 14.2 Å². The van der Waals surface area contributed by atoms with E-state index in [0.29, 0.717) is 5.92 Å². The van der Waals surface area contributed by atoms with E-state index in [4.69, 9.17) is 9.47 Å². The van der Waals surface area contributed by atoms with E-state index >= 15 is 0 Å². The topological polar surface area (TPSA) is 21.7 Å². The predicted molar refractivity (Wildman–Crippen MR) is 97.4 cm³/mol. The van der Waals surface area contributed by atoms with E-state index in [0.717, 1.165) is 30.4 Å². The number of benzene rings is 2. The van der Waals surface area contributed by atoms with E-state index < -0.39 is 0 Å². The molecular formula is C21H25NO2. The highest BCUT2D eigenvalue weighted by molar-refractivity contribution is 5.60. The van der Waals surface area contributed by atoms with Gasteiger partial charge in [0.05, 0.1) is 14.2 Å². The van der Waals surface area contributed by atoms with Crippen molar-refractivity contribution in [2.45, 2.75) is 25.2 Å². The van der Waals surface area contributed by atoms with Gasteiger partial charge < -0.3 is 14.4 Å². The molecule has 1 aliphatic carbocycles. The molecule has 0 bridgehead atoms. The SMILES string of the molecule is COc1ccc(C2Cc3ccc(OC)cc3N(CC3CC3)C2)cc1. The highest BCUT2D eigenvalue weighted by Gasteiger charge is 2.31. The number of rotatable bonds is 5. The maximum atomic E-state index is 5.45. The van der Waals surface area contributed by atoms with Crippen LogP contribution >= 0.6 is 0 Å². The van der Waals surface area contributed by atoms with Crippen LogP contribution in [0.25, 0.3) is 0 Å². The van der Waals surface area contributed by atoms with Crippen molar-refractivity contribution in [3.05, 3.63) is 53.6 Å². The van der Waals surface area contributed by atoms with Crippen LogP contribution in [0.15, 0.2) is 42.5 Å². The zero-order chi connectivity index (χ0) is 16.5. The summed E-state index contributed by atoms with van der Waals surface area (Å²) in [6.07, 6.45) is 3.85. The zero-order valence-electron chi connectivity index (χ0n) is 14.5. The van der Waals surface area contributed by atoms with E-state index in [1.807, 2.05) is 0 Å². The molecule has 24 heavy (non-hydrogen) atoms. The maximum absolute atomic E-state index is 5.45. The van der Waals surface area contributed by atoms with Gasteiger partial charge in [-0.05, 0) is 54.5 Å². The lowest BCUT2D eigenvalue weighted by molar-refractivity contribution is 0.413. The fraction of sp³-hybridized carbons (Fsp3) is 0.429. The summed E-state index contributed by atoms with van der Waals surface area (Å²) in [5.74, 6) is 3.29. The molecule has 2 aromatic carbocycles. The number of ether oxygens (including phenoxy) is 2. The monoisotopic (exact) mass is 323 g/mol. The molecular weight excluding hydrogens is 298 g/mol. The molecule has 1 heterocycles. The number of methoxy groups -OCH3 is 2. The van der Waals surface area contributed by atoms with Crippen molar-refractivity contribution in [3.8, 4) is 11.5 Å². The Kier molecular flexibility index (Phi) is 4.09. The van der Waals surface area contributed by atoms with Gasteiger partial charge in [0.2, 0.25) is 0 Å². The van der Waals surface area contributed by atoms with Gasteiger partial charge in [-0.15, -0.1) is 0 Å². The van der Waals surface area contributed by atoms with Crippen LogP contribution in [0.3, 0.4) is 0 Å². The molecule has 0 saturated heterocycles. The molecule has 0 N–H and O–H groups in total. The molecule has 1 saturated carbocycles. The highest BCUT2D eigenvalue weighted by Crippen LogP contribution is 2.40. The Hall–Kier alpha value is -2.16. The highest BCUT2D eigenvalue weighted by atomic mass is 16.5. The molecule has 3 nitrogen and oxygen atoms in total. The van der Waals surface area contributed by atoms with Crippen LogP contribution in [-0.4, -0.2) is 27.3 Å². The Morgan fingerprint density at radius 3 is 2.33 bits per heavy atom. The first-order valence-electron chi connectivity index (χ1n) is 8.82. The summed E-state index contributed by atoms with van der Waals surface area (Å²) in [5, 5.41) is 0. The normalized spacial score (nSPS) is 19.8. The number of nitrogens with zero attached hydrogens (tertiary/aromatic N) is 1. The molecule has 2 aromatic rings. The van der Waals surface area contributed by atoms with Crippen molar-refractivity contribution in [2.75, 3.05) is 32.2 Å². The third-order valence-corrected chi connectivity index (χ3v) is 5.30. The van der Waals surface area contributed by atoms with Gasteiger partial charge in [0.25, 0.3) is 0 Å². The Labute approximate surface area is 144 Å². The van der Waals surface area contributed by atoms with Gasteiger partial charge in [0.15, 0.2) is 0 Å². The first-order chi connectivity index (χ1) is 11.8. The quantitative estimate of drug-likeness (QED) is 0.820. The molecule has 0 amide bonds. The average molecular weight is 323 g/mol. The lowest BCUT2D eigenvalue weighted by atomic mass is 9.87. The number of fused-ring (bicyclic) bond motifs is 1. The molecule has 2 aliphatic rings. The van der Waals surface area contributed by atoms with Crippen LogP contribution in [0.2, 0.25) is 0 Å². The molecule has 0 aromatic heterocycles. The van der Waals surface area contributed by atoms with Gasteiger partial charge in [-0.1, -0.05) is 18.2 Å². The lowest BCUT2D eigenvalue weighted by Gasteiger charge is -2.37. The van der Waals surface area contributed by atoms with Gasteiger partial charge in [0.1, 0.15) is 11.5 Å². The summed E-state index contributed by atoms with van der Waals surface area (Å²) >= 11 is 0. The van der Waals surface area contributed by atoms with Gasteiger partial charge >= 0.3 is 0 Å². The fourth-order valence-electron chi connectivity index (χ4n) is 3.72. The predicted octanol–water partition coefficient (Wildman–Crippen LogP) is 4.26. The lowest BCUT2D eigenvalue weighted by Crippen LogP contribution is -2.35. The third-order valence-electron chi connectivity index (χ3n) is 5.30. The molecule has 3 heteroatoms. The largest absolute Gasteiger partial charge is 0.497 e. The van der Waals surface area contributed by atoms with Crippen molar-refractivity contribution >= 4 is 5.69 Å². The van der Waals surface area contributed by atoms with Crippen molar-refractivity contribution in [1.29, 1.82) is 0 Å². The molecule has 4 rings (SSSR count). The van der Waals surface area contributed by atoms with E-state index in [2.05, 4.69) is 47.4 Å². The van der Waals surface area contributed by atoms with Gasteiger partial charge in [0, 0.05) is 30.8 Å². The molecule has 1 fully saturated rings. The van der Waals surface area contributed by atoms with Crippen LogP contribution in [0.1, 0.15) is 29.9 Å². The summed E-state index contributed by atoms with van der Waals surface area (Å²) in [7, 11) is 3.46. The first-order valence-corrected chi connectivity index (χ1v) is 8.82. The molecule has 1 aliphatic heterocycles. The van der Waals surface area contributed by atoms with Gasteiger partial charge in [-0.25, -0.2) is 0 Å². The Morgan fingerprint density at radius 2 is 1.67 bits per heavy atom. The summed E-state index contributed by atoms with van der Waals surface area (Å²) in [4.78, 5) is 2.58. The Balaban J connectivity index is 1.63. The van der Waals surface area contributed by atoms with E-state index in [9.17, 15) is 0 Å². The van der Waals surface area contributed by atoms with Crippen molar-refractivity contribution in [3.63, 3.8) is 0 Å². The minimum absolute atomic E-state index is 0.538. The summed E-state index contributed by atoms with van der Waals surface area (Å²) < 4.78 is 10.7. The summed E-state index contributed by atoms with van der Waals surface area (Å²) in [6.45, 7) is 2.26. The average Bonchev–Trinajstić information content (AvgIpc) is 3.45. The van der Waals surface area contributed by atoms with Crippen molar-refractivity contribution in [1.82, 2.24) is 0 Å². The maximum Gasteiger partial charge on any atom is 0.120 e. The second kappa shape index (κ2) is 6.39. The number of hydrogen-bond donors (Lipinski definition) is 0. The minimum atomic E-state index is 0.538. The van der Waals surface area contributed by atoms with Crippen LogP contribution in [0.4, 0.5) is 5.69 Å². The zero-order valence-corrected chi connectivity index (χ0v) is 14.5. The molecule has 1 unspecified atom stereocenters. The van der Waals surface area contributed by atoms with Crippen LogP contribution in [0.5, 0.6) is 11.5 Å². The van der Waals surface area contributed by atoms with Gasteiger partial charge in [-0.2, -0.15) is 0 Å². The fourth-order valence-corrected chi connectivity index (χ4v) is 3.72. The molecule has 0 radical (unpaired) electrons. The summed E-state index contributed by atoms with van der Waals surface area (Å²) in [6, 6.07) is 15.1. The van der Waals surface area contributed by atoms with Gasteiger partial charge in [-0.3, -0.25) is 0 Å². The minimum Gasteiger partial charge on any atom is -0.497 e.